The molecule has 0 radical (unpaired) electrons. The van der Waals surface area contributed by atoms with Gasteiger partial charge in [0.05, 0.1) is 12.1 Å². The third-order valence-electron chi connectivity index (χ3n) is 3.16. The van der Waals surface area contributed by atoms with Gasteiger partial charge in [-0.2, -0.15) is 11.8 Å². The maximum absolute atomic E-state index is 12.2. The van der Waals surface area contributed by atoms with Crippen molar-refractivity contribution in [2.24, 2.45) is 5.73 Å². The first-order valence-corrected chi connectivity index (χ1v) is 7.53. The molecule has 2 N–H and O–H groups in total. The fourth-order valence-electron chi connectivity index (χ4n) is 1.78. The summed E-state index contributed by atoms with van der Waals surface area (Å²) in [6, 6.07) is 9.66. The molecule has 100 valence electrons. The Hall–Kier alpha value is -1.00. The van der Waals surface area contributed by atoms with Crippen molar-refractivity contribution < 1.29 is 4.79 Å². The molecule has 0 aromatic heterocycles. The first-order valence-electron chi connectivity index (χ1n) is 6.14. The van der Waals surface area contributed by atoms with Gasteiger partial charge in [0, 0.05) is 7.05 Å². The molecule has 2 atom stereocenters. The summed E-state index contributed by atoms with van der Waals surface area (Å²) in [5.74, 6) is 0.931. The molecule has 1 amide bonds. The average Bonchev–Trinajstić information content (AvgIpc) is 2.43. The topological polar surface area (TPSA) is 46.3 Å². The van der Waals surface area contributed by atoms with Crippen LogP contribution in [0.1, 0.15) is 24.9 Å². The minimum Gasteiger partial charge on any atom is -0.338 e. The van der Waals surface area contributed by atoms with Crippen LogP contribution in [0.15, 0.2) is 30.3 Å². The third-order valence-corrected chi connectivity index (χ3v) is 3.80. The van der Waals surface area contributed by atoms with Crippen molar-refractivity contribution in [3.05, 3.63) is 35.9 Å². The van der Waals surface area contributed by atoms with Gasteiger partial charge < -0.3 is 10.6 Å². The van der Waals surface area contributed by atoms with Gasteiger partial charge in [0.15, 0.2) is 0 Å². The molecule has 0 heterocycles. The smallest absolute Gasteiger partial charge is 0.239 e. The molecule has 0 bridgehead atoms. The lowest BCUT2D eigenvalue weighted by Gasteiger charge is -2.28. The van der Waals surface area contributed by atoms with Crippen molar-refractivity contribution in [1.82, 2.24) is 4.90 Å². The molecule has 1 aromatic carbocycles. The van der Waals surface area contributed by atoms with Crippen molar-refractivity contribution in [3.63, 3.8) is 0 Å². The van der Waals surface area contributed by atoms with Crippen LogP contribution >= 0.6 is 11.8 Å². The summed E-state index contributed by atoms with van der Waals surface area (Å²) in [4.78, 5) is 13.9. The normalized spacial score (nSPS) is 14.0. The van der Waals surface area contributed by atoms with E-state index in [0.717, 1.165) is 17.7 Å². The second-order valence-corrected chi connectivity index (χ2v) is 5.41. The van der Waals surface area contributed by atoms with Gasteiger partial charge in [0.25, 0.3) is 0 Å². The first kappa shape index (κ1) is 15.1. The highest BCUT2D eigenvalue weighted by atomic mass is 32.2. The molecule has 1 unspecified atom stereocenters. The number of carbonyl (C=O) groups is 1. The molecule has 0 saturated heterocycles. The third kappa shape index (κ3) is 4.03. The van der Waals surface area contributed by atoms with Crippen LogP contribution in [0.4, 0.5) is 0 Å². The van der Waals surface area contributed by atoms with Crippen LogP contribution in [0.5, 0.6) is 0 Å². The molecule has 4 heteroatoms. The Kier molecular flexibility index (Phi) is 6.22. The Balaban J connectivity index is 2.63. The Labute approximate surface area is 114 Å². The fraction of sp³-hybridized carbons (Fsp3) is 0.500. The van der Waals surface area contributed by atoms with Crippen LogP contribution in [0.3, 0.4) is 0 Å². The molecule has 0 fully saturated rings. The lowest BCUT2D eigenvalue weighted by atomic mass is 10.1. The van der Waals surface area contributed by atoms with E-state index in [0.29, 0.717) is 0 Å². The SMILES string of the molecule is CSCC[C@@H](N)C(=O)N(C)C(C)c1ccccc1. The summed E-state index contributed by atoms with van der Waals surface area (Å²) >= 11 is 1.71. The van der Waals surface area contributed by atoms with Gasteiger partial charge >= 0.3 is 0 Å². The van der Waals surface area contributed by atoms with Crippen molar-refractivity contribution in [2.75, 3.05) is 19.1 Å². The van der Waals surface area contributed by atoms with Crippen molar-refractivity contribution in [1.29, 1.82) is 0 Å². The molecule has 0 aliphatic carbocycles. The number of benzene rings is 1. The Morgan fingerprint density at radius 3 is 2.56 bits per heavy atom. The van der Waals surface area contributed by atoms with Crippen molar-refractivity contribution in [3.8, 4) is 0 Å². The van der Waals surface area contributed by atoms with E-state index in [9.17, 15) is 4.79 Å². The standard InChI is InChI=1S/C14H22N2OS/c1-11(12-7-5-4-6-8-12)16(2)14(17)13(15)9-10-18-3/h4-8,11,13H,9-10,15H2,1-3H3/t11?,13-/m1/s1. The molecule has 0 aliphatic rings. The second-order valence-electron chi connectivity index (χ2n) is 4.42. The average molecular weight is 266 g/mol. The number of nitrogens with two attached hydrogens (primary N) is 1. The molecule has 0 aliphatic heterocycles. The predicted octanol–water partition coefficient (Wildman–Crippen LogP) is 2.29. The second kappa shape index (κ2) is 7.44. The van der Waals surface area contributed by atoms with E-state index in [-0.39, 0.29) is 11.9 Å². The maximum atomic E-state index is 12.2. The minimum atomic E-state index is -0.395. The van der Waals surface area contributed by atoms with Crippen LogP contribution in [0.2, 0.25) is 0 Å². The number of hydrogen-bond acceptors (Lipinski definition) is 3. The highest BCUT2D eigenvalue weighted by Gasteiger charge is 2.22. The lowest BCUT2D eigenvalue weighted by Crippen LogP contribution is -2.43. The number of likely N-dealkylation sites (N-methyl/N-ethyl adjacent to an activating group) is 1. The van der Waals surface area contributed by atoms with E-state index < -0.39 is 6.04 Å². The summed E-state index contributed by atoms with van der Waals surface area (Å²) < 4.78 is 0. The Morgan fingerprint density at radius 2 is 2.00 bits per heavy atom. The number of carbonyl (C=O) groups excluding carboxylic acids is 1. The van der Waals surface area contributed by atoms with Crippen LogP contribution in [0, 0.1) is 0 Å². The van der Waals surface area contributed by atoms with E-state index >= 15 is 0 Å². The molecule has 0 saturated carbocycles. The highest BCUT2D eigenvalue weighted by molar-refractivity contribution is 7.98. The summed E-state index contributed by atoms with van der Waals surface area (Å²) in [5.41, 5.74) is 7.05. The minimum absolute atomic E-state index is 0.0143. The molecule has 18 heavy (non-hydrogen) atoms. The molecular weight excluding hydrogens is 244 g/mol. The zero-order valence-corrected chi connectivity index (χ0v) is 12.1. The van der Waals surface area contributed by atoms with Gasteiger partial charge in [-0.05, 0) is 30.9 Å². The Morgan fingerprint density at radius 1 is 1.39 bits per heavy atom. The molecule has 1 aromatic rings. The summed E-state index contributed by atoms with van der Waals surface area (Å²) in [7, 11) is 1.82. The van der Waals surface area contributed by atoms with Gasteiger partial charge in [-0.3, -0.25) is 4.79 Å². The quantitative estimate of drug-likeness (QED) is 0.859. The van der Waals surface area contributed by atoms with Gasteiger partial charge in [-0.25, -0.2) is 0 Å². The van der Waals surface area contributed by atoms with E-state index in [1.807, 2.05) is 50.6 Å². The summed E-state index contributed by atoms with van der Waals surface area (Å²) in [6.07, 6.45) is 2.75. The van der Waals surface area contributed by atoms with E-state index in [1.165, 1.54) is 0 Å². The van der Waals surface area contributed by atoms with Crippen LogP contribution in [-0.2, 0) is 4.79 Å². The van der Waals surface area contributed by atoms with Crippen molar-refractivity contribution >= 4 is 17.7 Å². The lowest BCUT2D eigenvalue weighted by molar-refractivity contribution is -0.133. The van der Waals surface area contributed by atoms with Gasteiger partial charge in [-0.15, -0.1) is 0 Å². The van der Waals surface area contributed by atoms with Crippen molar-refractivity contribution in [2.45, 2.75) is 25.4 Å². The number of hydrogen-bond donors (Lipinski definition) is 1. The maximum Gasteiger partial charge on any atom is 0.239 e. The molecular formula is C14H22N2OS. The van der Waals surface area contributed by atoms with Gasteiger partial charge in [-0.1, -0.05) is 30.3 Å². The van der Waals surface area contributed by atoms with Crippen LogP contribution < -0.4 is 5.73 Å². The number of thioether (sulfide) groups is 1. The molecule has 3 nitrogen and oxygen atoms in total. The number of rotatable bonds is 6. The van der Waals surface area contributed by atoms with E-state index in [2.05, 4.69) is 0 Å². The predicted molar refractivity (Wildman–Crippen MR) is 78.6 cm³/mol. The zero-order valence-electron chi connectivity index (χ0n) is 11.3. The van der Waals surface area contributed by atoms with E-state index in [4.69, 9.17) is 5.73 Å². The summed E-state index contributed by atoms with van der Waals surface area (Å²) in [6.45, 7) is 2.02. The van der Waals surface area contributed by atoms with Gasteiger partial charge in [0.1, 0.15) is 0 Å². The Bertz CT molecular complexity index is 369. The first-order chi connectivity index (χ1) is 8.57. The molecule has 0 spiro atoms. The molecule has 1 rings (SSSR count). The van der Waals surface area contributed by atoms with E-state index in [1.54, 1.807) is 16.7 Å². The zero-order chi connectivity index (χ0) is 13.5. The largest absolute Gasteiger partial charge is 0.338 e. The van der Waals surface area contributed by atoms with Crippen LogP contribution in [-0.4, -0.2) is 35.9 Å². The van der Waals surface area contributed by atoms with Crippen LogP contribution in [0.25, 0.3) is 0 Å². The summed E-state index contributed by atoms with van der Waals surface area (Å²) in [5, 5.41) is 0. The number of nitrogens with zero attached hydrogens (tertiary/aromatic N) is 1. The van der Waals surface area contributed by atoms with Gasteiger partial charge in [0.2, 0.25) is 5.91 Å². The highest BCUT2D eigenvalue weighted by Crippen LogP contribution is 2.19. The number of amides is 1. The fourth-order valence-corrected chi connectivity index (χ4v) is 2.27. The monoisotopic (exact) mass is 266 g/mol.